The van der Waals surface area contributed by atoms with E-state index in [-0.39, 0.29) is 18.2 Å². The Balaban J connectivity index is 1.73. The molecule has 1 fully saturated rings. The smallest absolute Gasteiger partial charge is 0.326 e. The molecule has 8 heteroatoms. The molecule has 1 amide bonds. The number of anilines is 1. The molecular formula is C19H15F3N4O. The third kappa shape index (κ3) is 2.58. The van der Waals surface area contributed by atoms with Gasteiger partial charge in [0.05, 0.1) is 17.6 Å². The SMILES string of the molecule is O=C1Cc2cc(-c3c(C4CCC4)nn4cnc(C(F)(F)F)cc34)ccc2N1. The van der Waals surface area contributed by atoms with Gasteiger partial charge in [0, 0.05) is 17.2 Å². The highest BCUT2D eigenvalue weighted by molar-refractivity contribution is 6.00. The summed E-state index contributed by atoms with van der Waals surface area (Å²) in [5.74, 6) is 0.159. The van der Waals surface area contributed by atoms with E-state index in [0.29, 0.717) is 11.1 Å². The zero-order chi connectivity index (χ0) is 18.8. The molecule has 27 heavy (non-hydrogen) atoms. The van der Waals surface area contributed by atoms with E-state index in [0.717, 1.165) is 54.2 Å². The molecular weight excluding hydrogens is 357 g/mol. The van der Waals surface area contributed by atoms with Crippen molar-refractivity contribution in [3.8, 4) is 11.1 Å². The molecule has 1 saturated carbocycles. The van der Waals surface area contributed by atoms with Gasteiger partial charge in [-0.3, -0.25) is 4.79 Å². The molecule has 3 heterocycles. The van der Waals surface area contributed by atoms with Crippen molar-refractivity contribution in [1.29, 1.82) is 0 Å². The fourth-order valence-corrected chi connectivity index (χ4v) is 3.78. The van der Waals surface area contributed by atoms with Gasteiger partial charge in [-0.1, -0.05) is 12.5 Å². The van der Waals surface area contributed by atoms with Crippen molar-refractivity contribution in [1.82, 2.24) is 14.6 Å². The van der Waals surface area contributed by atoms with Crippen LogP contribution >= 0.6 is 0 Å². The lowest BCUT2D eigenvalue weighted by atomic mass is 9.80. The Labute approximate surface area is 152 Å². The van der Waals surface area contributed by atoms with Crippen LogP contribution in [0.3, 0.4) is 0 Å². The van der Waals surface area contributed by atoms with Gasteiger partial charge in [0.1, 0.15) is 12.0 Å². The highest BCUT2D eigenvalue weighted by Gasteiger charge is 2.34. The second kappa shape index (κ2) is 5.55. The number of hydrogen-bond acceptors (Lipinski definition) is 3. The van der Waals surface area contributed by atoms with Crippen LogP contribution in [0.2, 0.25) is 0 Å². The van der Waals surface area contributed by atoms with Crippen LogP contribution < -0.4 is 5.32 Å². The van der Waals surface area contributed by atoms with Crippen LogP contribution in [0.1, 0.15) is 42.1 Å². The van der Waals surface area contributed by atoms with E-state index in [4.69, 9.17) is 0 Å². The molecule has 0 saturated heterocycles. The summed E-state index contributed by atoms with van der Waals surface area (Å²) in [5, 5.41) is 7.32. The van der Waals surface area contributed by atoms with Crippen molar-refractivity contribution in [2.24, 2.45) is 0 Å². The zero-order valence-electron chi connectivity index (χ0n) is 14.2. The molecule has 1 N–H and O–H groups in total. The van der Waals surface area contributed by atoms with Crippen molar-refractivity contribution >= 4 is 17.1 Å². The van der Waals surface area contributed by atoms with Crippen LogP contribution in [0.15, 0.2) is 30.6 Å². The van der Waals surface area contributed by atoms with Gasteiger partial charge in [-0.15, -0.1) is 0 Å². The highest BCUT2D eigenvalue weighted by atomic mass is 19.4. The minimum absolute atomic E-state index is 0.0789. The van der Waals surface area contributed by atoms with E-state index in [2.05, 4.69) is 15.4 Å². The van der Waals surface area contributed by atoms with Crippen LogP contribution in [-0.4, -0.2) is 20.5 Å². The van der Waals surface area contributed by atoms with Crippen molar-refractivity contribution in [2.45, 2.75) is 37.8 Å². The van der Waals surface area contributed by atoms with Crippen molar-refractivity contribution in [3.63, 3.8) is 0 Å². The number of nitrogens with zero attached hydrogens (tertiary/aromatic N) is 3. The first-order valence-corrected chi connectivity index (χ1v) is 8.79. The Morgan fingerprint density at radius 3 is 2.70 bits per heavy atom. The van der Waals surface area contributed by atoms with Crippen molar-refractivity contribution in [3.05, 3.63) is 47.5 Å². The molecule has 0 bridgehead atoms. The summed E-state index contributed by atoms with van der Waals surface area (Å²) < 4.78 is 41.0. The lowest BCUT2D eigenvalue weighted by molar-refractivity contribution is -0.141. The van der Waals surface area contributed by atoms with E-state index >= 15 is 0 Å². The number of carbonyl (C=O) groups is 1. The molecule has 2 aromatic heterocycles. The maximum atomic E-state index is 13.2. The van der Waals surface area contributed by atoms with Crippen LogP contribution in [0, 0.1) is 0 Å². The fraction of sp³-hybridized carbons (Fsp3) is 0.316. The molecule has 0 radical (unpaired) electrons. The zero-order valence-corrected chi connectivity index (χ0v) is 14.2. The second-order valence-corrected chi connectivity index (χ2v) is 7.09. The van der Waals surface area contributed by atoms with Crippen LogP contribution in [0.25, 0.3) is 16.6 Å². The van der Waals surface area contributed by atoms with Crippen molar-refractivity contribution in [2.75, 3.05) is 5.32 Å². The molecule has 138 valence electrons. The Kier molecular flexibility index (Phi) is 3.35. The van der Waals surface area contributed by atoms with E-state index < -0.39 is 11.9 Å². The van der Waals surface area contributed by atoms with Gasteiger partial charge < -0.3 is 5.32 Å². The number of alkyl halides is 3. The number of amides is 1. The minimum atomic E-state index is -4.52. The predicted molar refractivity (Wildman–Crippen MR) is 92.4 cm³/mol. The number of carbonyl (C=O) groups excluding carboxylic acids is 1. The molecule has 0 atom stereocenters. The summed E-state index contributed by atoms with van der Waals surface area (Å²) in [7, 11) is 0. The first kappa shape index (κ1) is 16.3. The molecule has 1 aliphatic carbocycles. The number of hydrogen-bond donors (Lipinski definition) is 1. The fourth-order valence-electron chi connectivity index (χ4n) is 3.78. The summed E-state index contributed by atoms with van der Waals surface area (Å²) in [5.41, 5.74) is 3.34. The number of fused-ring (bicyclic) bond motifs is 2. The highest BCUT2D eigenvalue weighted by Crippen LogP contribution is 2.43. The van der Waals surface area contributed by atoms with Crippen LogP contribution in [0.4, 0.5) is 18.9 Å². The van der Waals surface area contributed by atoms with Gasteiger partial charge in [-0.25, -0.2) is 9.50 Å². The normalized spacial score (nSPS) is 17.1. The van der Waals surface area contributed by atoms with Crippen LogP contribution in [0.5, 0.6) is 0 Å². The van der Waals surface area contributed by atoms with E-state index in [1.807, 2.05) is 12.1 Å². The average molecular weight is 372 g/mol. The van der Waals surface area contributed by atoms with E-state index in [1.165, 1.54) is 4.52 Å². The number of halogens is 3. The lowest BCUT2D eigenvalue weighted by Crippen LogP contribution is -2.10. The summed E-state index contributed by atoms with van der Waals surface area (Å²) in [6.45, 7) is 0. The third-order valence-electron chi connectivity index (χ3n) is 5.36. The van der Waals surface area contributed by atoms with Gasteiger partial charge >= 0.3 is 6.18 Å². The summed E-state index contributed by atoms with van der Waals surface area (Å²) in [6.07, 6.45) is -0.0809. The van der Waals surface area contributed by atoms with Crippen molar-refractivity contribution < 1.29 is 18.0 Å². The monoisotopic (exact) mass is 372 g/mol. The van der Waals surface area contributed by atoms with Crippen LogP contribution in [-0.2, 0) is 17.4 Å². The Morgan fingerprint density at radius 2 is 2.00 bits per heavy atom. The minimum Gasteiger partial charge on any atom is -0.326 e. The molecule has 2 aliphatic rings. The first-order chi connectivity index (χ1) is 12.9. The maximum absolute atomic E-state index is 13.2. The molecule has 5 rings (SSSR count). The maximum Gasteiger partial charge on any atom is 0.433 e. The molecule has 5 nitrogen and oxygen atoms in total. The Hall–Kier alpha value is -2.90. The van der Waals surface area contributed by atoms with Gasteiger partial charge in [0.25, 0.3) is 0 Å². The standard InChI is InChI=1S/C19H15F3N4O/c20-19(21,22)15-8-14-17(11-4-5-13-12(6-11)7-16(27)24-13)18(10-2-1-3-10)25-26(14)9-23-15/h4-6,8-10H,1-3,7H2,(H,24,27). The number of nitrogens with one attached hydrogen (secondary N) is 1. The molecule has 0 spiro atoms. The molecule has 1 aliphatic heterocycles. The number of rotatable bonds is 2. The second-order valence-electron chi connectivity index (χ2n) is 7.09. The van der Waals surface area contributed by atoms with E-state index in [9.17, 15) is 18.0 Å². The van der Waals surface area contributed by atoms with Gasteiger partial charge in [0.15, 0.2) is 0 Å². The Bertz CT molecular complexity index is 1080. The summed E-state index contributed by atoms with van der Waals surface area (Å²) in [4.78, 5) is 15.2. The van der Waals surface area contributed by atoms with Gasteiger partial charge in [-0.05, 0) is 42.2 Å². The Morgan fingerprint density at radius 1 is 1.19 bits per heavy atom. The predicted octanol–water partition coefficient (Wildman–Crippen LogP) is 4.18. The lowest BCUT2D eigenvalue weighted by Gasteiger charge is -2.24. The van der Waals surface area contributed by atoms with Gasteiger partial charge in [-0.2, -0.15) is 18.3 Å². The quantitative estimate of drug-likeness (QED) is 0.734. The largest absolute Gasteiger partial charge is 0.433 e. The summed E-state index contributed by atoms with van der Waals surface area (Å²) >= 11 is 0. The average Bonchev–Trinajstić information content (AvgIpc) is 3.10. The van der Waals surface area contributed by atoms with Gasteiger partial charge in [0.2, 0.25) is 5.91 Å². The first-order valence-electron chi connectivity index (χ1n) is 8.79. The number of benzene rings is 1. The van der Waals surface area contributed by atoms with E-state index in [1.54, 1.807) is 6.07 Å². The summed E-state index contributed by atoms with van der Waals surface area (Å²) in [6, 6.07) is 6.56. The number of aromatic nitrogens is 3. The topological polar surface area (TPSA) is 59.3 Å². The molecule has 0 unspecified atom stereocenters. The third-order valence-corrected chi connectivity index (χ3v) is 5.36. The molecule has 1 aromatic carbocycles. The molecule has 3 aromatic rings.